The Morgan fingerprint density at radius 2 is 1.75 bits per heavy atom. The van der Waals surface area contributed by atoms with Crippen LogP contribution < -0.4 is 5.32 Å². The van der Waals surface area contributed by atoms with Gasteiger partial charge in [-0.2, -0.15) is 0 Å². The molecule has 6 nitrogen and oxygen atoms in total. The fraction of sp³-hybridized carbons (Fsp3) is 0.318. The van der Waals surface area contributed by atoms with Crippen LogP contribution in [0.1, 0.15) is 35.7 Å². The molecule has 1 heterocycles. The van der Waals surface area contributed by atoms with E-state index in [2.05, 4.69) is 5.32 Å². The molecule has 0 saturated carbocycles. The van der Waals surface area contributed by atoms with Crippen molar-refractivity contribution in [3.8, 4) is 0 Å². The highest BCUT2D eigenvalue weighted by molar-refractivity contribution is 6.14. The molecule has 6 heteroatoms. The second kappa shape index (κ2) is 8.80. The number of likely N-dealkylation sites (tertiary alicyclic amines) is 1. The summed E-state index contributed by atoms with van der Waals surface area (Å²) in [4.78, 5) is 38.8. The number of hydrogen-bond donors (Lipinski definition) is 2. The number of ketones is 1. The molecule has 2 unspecified atom stereocenters. The predicted octanol–water partition coefficient (Wildman–Crippen LogP) is 3.04. The van der Waals surface area contributed by atoms with E-state index in [1.54, 1.807) is 55.5 Å². The number of carbonyl (C=O) groups excluding carboxylic acids is 2. The lowest BCUT2D eigenvalue weighted by molar-refractivity contribution is -0.144. The van der Waals surface area contributed by atoms with Crippen molar-refractivity contribution in [3.05, 3.63) is 65.7 Å². The van der Waals surface area contributed by atoms with E-state index in [9.17, 15) is 19.5 Å². The van der Waals surface area contributed by atoms with Crippen molar-refractivity contribution >= 4 is 23.3 Å². The van der Waals surface area contributed by atoms with Crippen LogP contribution in [0.5, 0.6) is 0 Å². The predicted molar refractivity (Wildman–Crippen MR) is 106 cm³/mol. The lowest BCUT2D eigenvalue weighted by Crippen LogP contribution is -2.48. The summed E-state index contributed by atoms with van der Waals surface area (Å²) in [6.45, 7) is 2.80. The van der Waals surface area contributed by atoms with E-state index < -0.39 is 17.9 Å². The second-order valence-corrected chi connectivity index (χ2v) is 7.08. The first-order valence-electron chi connectivity index (χ1n) is 9.44. The average molecular weight is 380 g/mol. The number of carboxylic acid groups (broad SMARTS) is 1. The van der Waals surface area contributed by atoms with E-state index in [0.717, 1.165) is 6.42 Å². The van der Waals surface area contributed by atoms with Gasteiger partial charge in [-0.25, -0.2) is 0 Å². The molecule has 0 bridgehead atoms. The van der Waals surface area contributed by atoms with E-state index in [0.29, 0.717) is 36.3 Å². The molecule has 3 rings (SSSR count). The molecule has 1 aliphatic heterocycles. The van der Waals surface area contributed by atoms with Crippen LogP contribution in [0.3, 0.4) is 0 Å². The molecule has 0 aliphatic carbocycles. The summed E-state index contributed by atoms with van der Waals surface area (Å²) in [5, 5.41) is 12.1. The summed E-state index contributed by atoms with van der Waals surface area (Å²) in [7, 11) is 0. The molecule has 1 amide bonds. The van der Waals surface area contributed by atoms with Crippen molar-refractivity contribution in [1.29, 1.82) is 0 Å². The molecule has 1 saturated heterocycles. The van der Waals surface area contributed by atoms with Crippen LogP contribution in [0.4, 0.5) is 5.69 Å². The molecule has 2 N–H and O–H groups in total. The Bertz CT molecular complexity index is 866. The summed E-state index contributed by atoms with van der Waals surface area (Å²) < 4.78 is 0. The zero-order valence-corrected chi connectivity index (χ0v) is 15.8. The van der Waals surface area contributed by atoms with Crippen LogP contribution in [0.2, 0.25) is 0 Å². The summed E-state index contributed by atoms with van der Waals surface area (Å²) in [6.07, 6.45) is 1.38. The molecule has 2 aromatic rings. The van der Waals surface area contributed by atoms with Crippen molar-refractivity contribution in [2.75, 3.05) is 18.4 Å². The number of nitrogens with zero attached hydrogens (tertiary/aromatic N) is 1. The molecule has 1 aliphatic rings. The van der Waals surface area contributed by atoms with Gasteiger partial charge in [0.1, 0.15) is 0 Å². The van der Waals surface area contributed by atoms with Gasteiger partial charge in [-0.05, 0) is 38.4 Å². The van der Waals surface area contributed by atoms with Crippen LogP contribution in [0.15, 0.2) is 54.6 Å². The quantitative estimate of drug-likeness (QED) is 0.752. The Hall–Kier alpha value is -2.99. The van der Waals surface area contributed by atoms with Crippen molar-refractivity contribution in [1.82, 2.24) is 4.90 Å². The highest BCUT2D eigenvalue weighted by Gasteiger charge is 2.31. The number of aliphatic carboxylic acids is 1. The molecule has 146 valence electrons. The van der Waals surface area contributed by atoms with Crippen LogP contribution in [0, 0.1) is 5.92 Å². The number of hydrogen-bond acceptors (Lipinski definition) is 4. The summed E-state index contributed by atoms with van der Waals surface area (Å²) in [5.74, 6) is -1.68. The van der Waals surface area contributed by atoms with E-state index in [4.69, 9.17) is 0 Å². The second-order valence-electron chi connectivity index (χ2n) is 7.08. The van der Waals surface area contributed by atoms with Gasteiger partial charge < -0.3 is 10.4 Å². The van der Waals surface area contributed by atoms with Crippen molar-refractivity contribution in [2.24, 2.45) is 5.92 Å². The number of carbonyl (C=O) groups is 3. The third kappa shape index (κ3) is 4.46. The summed E-state index contributed by atoms with van der Waals surface area (Å²) in [6, 6.07) is 15.4. The van der Waals surface area contributed by atoms with Crippen LogP contribution >= 0.6 is 0 Å². The number of rotatable bonds is 6. The van der Waals surface area contributed by atoms with Crippen LogP contribution in [0.25, 0.3) is 0 Å². The summed E-state index contributed by atoms with van der Waals surface area (Å²) in [5.41, 5.74) is 1.44. The fourth-order valence-electron chi connectivity index (χ4n) is 3.50. The smallest absolute Gasteiger partial charge is 0.307 e. The maximum atomic E-state index is 12.8. The normalized spacial score (nSPS) is 18.2. The Balaban J connectivity index is 1.74. The fourth-order valence-corrected chi connectivity index (χ4v) is 3.50. The van der Waals surface area contributed by atoms with E-state index in [1.807, 2.05) is 11.0 Å². The maximum Gasteiger partial charge on any atom is 0.307 e. The molecule has 0 aromatic heterocycles. The van der Waals surface area contributed by atoms with Gasteiger partial charge >= 0.3 is 5.97 Å². The third-order valence-electron chi connectivity index (χ3n) is 5.19. The number of anilines is 1. The molecule has 0 radical (unpaired) electrons. The Morgan fingerprint density at radius 1 is 1.07 bits per heavy atom. The molecule has 2 atom stereocenters. The standard InChI is InChI=1S/C22H24N2O4/c1-15(24-13-7-10-17(14-24)22(27)28)21(26)23-19-12-6-5-11-18(19)20(25)16-8-3-2-4-9-16/h2-6,8-9,11-12,15,17H,7,10,13-14H2,1H3,(H,23,26)(H,27,28). The topological polar surface area (TPSA) is 86.7 Å². The molecular weight excluding hydrogens is 356 g/mol. The molecular formula is C22H24N2O4. The number of nitrogens with one attached hydrogen (secondary N) is 1. The maximum absolute atomic E-state index is 12.8. The first-order chi connectivity index (χ1) is 13.5. The SMILES string of the molecule is CC(C(=O)Nc1ccccc1C(=O)c1ccccc1)N1CCCC(C(=O)O)C1. The van der Waals surface area contributed by atoms with Crippen molar-refractivity contribution in [3.63, 3.8) is 0 Å². The first kappa shape index (κ1) is 19.8. The van der Waals surface area contributed by atoms with E-state index in [-0.39, 0.29) is 11.7 Å². The zero-order valence-electron chi connectivity index (χ0n) is 15.8. The first-order valence-corrected chi connectivity index (χ1v) is 9.44. The Labute approximate surface area is 164 Å². The van der Waals surface area contributed by atoms with Gasteiger partial charge in [-0.15, -0.1) is 0 Å². The number of amides is 1. The highest BCUT2D eigenvalue weighted by atomic mass is 16.4. The number of para-hydroxylation sites is 1. The number of piperidine rings is 1. The van der Waals surface area contributed by atoms with Gasteiger partial charge in [0.25, 0.3) is 0 Å². The Kier molecular flexibility index (Phi) is 6.21. The van der Waals surface area contributed by atoms with Crippen LogP contribution in [-0.4, -0.2) is 46.8 Å². The van der Waals surface area contributed by atoms with Gasteiger partial charge in [0.2, 0.25) is 5.91 Å². The lowest BCUT2D eigenvalue weighted by Gasteiger charge is -2.34. The van der Waals surface area contributed by atoms with E-state index in [1.165, 1.54) is 0 Å². The third-order valence-corrected chi connectivity index (χ3v) is 5.19. The van der Waals surface area contributed by atoms with Gasteiger partial charge in [0.05, 0.1) is 17.6 Å². The lowest BCUT2D eigenvalue weighted by atomic mass is 9.97. The molecule has 2 aromatic carbocycles. The van der Waals surface area contributed by atoms with Crippen molar-refractivity contribution < 1.29 is 19.5 Å². The molecule has 1 fully saturated rings. The van der Waals surface area contributed by atoms with Crippen molar-refractivity contribution in [2.45, 2.75) is 25.8 Å². The van der Waals surface area contributed by atoms with Gasteiger partial charge in [-0.1, -0.05) is 42.5 Å². The molecule has 0 spiro atoms. The minimum absolute atomic E-state index is 0.159. The Morgan fingerprint density at radius 3 is 2.46 bits per heavy atom. The van der Waals surface area contributed by atoms with E-state index >= 15 is 0 Å². The highest BCUT2D eigenvalue weighted by Crippen LogP contribution is 2.22. The minimum Gasteiger partial charge on any atom is -0.481 e. The average Bonchev–Trinajstić information content (AvgIpc) is 2.73. The largest absolute Gasteiger partial charge is 0.481 e. The number of benzene rings is 2. The molecule has 28 heavy (non-hydrogen) atoms. The summed E-state index contributed by atoms with van der Waals surface area (Å²) >= 11 is 0. The van der Waals surface area contributed by atoms with Gasteiger partial charge in [0, 0.05) is 17.7 Å². The van der Waals surface area contributed by atoms with Gasteiger partial charge in [-0.3, -0.25) is 19.3 Å². The number of carboxylic acids is 1. The van der Waals surface area contributed by atoms with Gasteiger partial charge in [0.15, 0.2) is 5.78 Å². The monoisotopic (exact) mass is 380 g/mol. The van der Waals surface area contributed by atoms with Crippen LogP contribution in [-0.2, 0) is 9.59 Å². The zero-order chi connectivity index (χ0) is 20.1. The minimum atomic E-state index is -0.823.